The molecule has 0 atom stereocenters. The molecule has 0 aliphatic rings. The van der Waals surface area contributed by atoms with Crippen LogP contribution in [0, 0.1) is 0 Å². The van der Waals surface area contributed by atoms with E-state index in [-0.39, 0.29) is 6.61 Å². The van der Waals surface area contributed by atoms with Crippen molar-refractivity contribution in [2.24, 2.45) is 0 Å². The van der Waals surface area contributed by atoms with Crippen molar-refractivity contribution >= 4 is 0 Å². The molecule has 0 amide bonds. The highest BCUT2D eigenvalue weighted by atomic mass is 16.3. The number of aliphatic hydroxyl groups excluding tert-OH is 1. The van der Waals surface area contributed by atoms with Crippen molar-refractivity contribution in [2.45, 2.75) is 19.4 Å². The first-order chi connectivity index (χ1) is 7.88. The Bertz CT molecular complexity index is 434. The van der Waals surface area contributed by atoms with Crippen LogP contribution >= 0.6 is 0 Å². The molecule has 2 aromatic carbocycles. The summed E-state index contributed by atoms with van der Waals surface area (Å²) >= 11 is 0. The normalized spacial score (nSPS) is 10.3. The predicted octanol–water partition coefficient (Wildman–Crippen LogP) is 2.96. The summed E-state index contributed by atoms with van der Waals surface area (Å²) in [6.07, 6.45) is 2.08. The van der Waals surface area contributed by atoms with Crippen molar-refractivity contribution in [3.05, 3.63) is 71.3 Å². The first kappa shape index (κ1) is 10.9. The Morgan fingerprint density at radius 1 is 0.688 bits per heavy atom. The fraction of sp³-hybridized carbons (Fsp3) is 0.200. The lowest BCUT2D eigenvalue weighted by Gasteiger charge is -2.03. The van der Waals surface area contributed by atoms with E-state index in [1.807, 2.05) is 18.2 Å². The van der Waals surface area contributed by atoms with Gasteiger partial charge in [-0.1, -0.05) is 54.6 Å². The number of hydrogen-bond acceptors (Lipinski definition) is 1. The van der Waals surface area contributed by atoms with Gasteiger partial charge in [-0.25, -0.2) is 0 Å². The van der Waals surface area contributed by atoms with Gasteiger partial charge in [0.1, 0.15) is 0 Å². The summed E-state index contributed by atoms with van der Waals surface area (Å²) in [5, 5.41) is 9.05. The van der Waals surface area contributed by atoms with Gasteiger partial charge in [-0.3, -0.25) is 0 Å². The number of rotatable bonds is 4. The van der Waals surface area contributed by atoms with E-state index in [4.69, 9.17) is 5.11 Å². The lowest BCUT2D eigenvalue weighted by Crippen LogP contribution is -1.92. The van der Waals surface area contributed by atoms with Crippen LogP contribution in [0.25, 0.3) is 0 Å². The number of hydrogen-bond donors (Lipinski definition) is 1. The first-order valence-corrected chi connectivity index (χ1v) is 5.61. The third-order valence-electron chi connectivity index (χ3n) is 2.72. The zero-order chi connectivity index (χ0) is 11.2. The summed E-state index contributed by atoms with van der Waals surface area (Å²) in [4.78, 5) is 0. The van der Waals surface area contributed by atoms with Gasteiger partial charge in [-0.15, -0.1) is 0 Å². The maximum Gasteiger partial charge on any atom is 0.0681 e. The highest BCUT2D eigenvalue weighted by Gasteiger charge is 1.96. The molecular weight excluding hydrogens is 196 g/mol. The van der Waals surface area contributed by atoms with Crippen molar-refractivity contribution in [3.8, 4) is 0 Å². The largest absolute Gasteiger partial charge is 0.392 e. The van der Waals surface area contributed by atoms with Gasteiger partial charge in [0.05, 0.1) is 6.61 Å². The minimum absolute atomic E-state index is 0.124. The molecule has 0 fully saturated rings. The van der Waals surface area contributed by atoms with Crippen LogP contribution < -0.4 is 0 Å². The summed E-state index contributed by atoms with van der Waals surface area (Å²) in [7, 11) is 0. The Balaban J connectivity index is 1.99. The zero-order valence-corrected chi connectivity index (χ0v) is 9.26. The molecule has 0 aliphatic heterocycles. The average Bonchev–Trinajstić information content (AvgIpc) is 2.38. The van der Waals surface area contributed by atoms with Crippen molar-refractivity contribution in [2.75, 3.05) is 0 Å². The molecule has 0 heterocycles. The molecule has 0 saturated heterocycles. The Kier molecular flexibility index (Phi) is 3.73. The van der Waals surface area contributed by atoms with E-state index in [2.05, 4.69) is 36.4 Å². The molecule has 2 rings (SSSR count). The lowest BCUT2D eigenvalue weighted by atomic mass is 10.0. The van der Waals surface area contributed by atoms with Crippen LogP contribution in [0.5, 0.6) is 0 Å². The van der Waals surface area contributed by atoms with E-state index in [1.165, 1.54) is 11.1 Å². The lowest BCUT2D eigenvalue weighted by molar-refractivity contribution is 0.281. The standard InChI is InChI=1S/C15H16O/c16-12-15-8-4-7-14(11-15)10-9-13-5-2-1-3-6-13/h1-8,11,16H,9-10,12H2. The Hall–Kier alpha value is -1.60. The predicted molar refractivity (Wildman–Crippen MR) is 66.2 cm³/mol. The van der Waals surface area contributed by atoms with Crippen LogP contribution in [-0.4, -0.2) is 5.11 Å². The molecule has 2 aromatic rings. The van der Waals surface area contributed by atoms with Gasteiger partial charge in [0.25, 0.3) is 0 Å². The molecule has 16 heavy (non-hydrogen) atoms. The van der Waals surface area contributed by atoms with Crippen LogP contribution in [0.4, 0.5) is 0 Å². The molecule has 82 valence electrons. The van der Waals surface area contributed by atoms with E-state index in [1.54, 1.807) is 0 Å². The monoisotopic (exact) mass is 212 g/mol. The molecule has 1 heteroatoms. The third kappa shape index (κ3) is 2.94. The van der Waals surface area contributed by atoms with Gasteiger partial charge in [-0.05, 0) is 29.5 Å². The van der Waals surface area contributed by atoms with Gasteiger partial charge in [-0.2, -0.15) is 0 Å². The quantitative estimate of drug-likeness (QED) is 0.826. The molecule has 0 unspecified atom stereocenters. The molecule has 0 aliphatic carbocycles. The second-order valence-corrected chi connectivity index (χ2v) is 3.96. The van der Waals surface area contributed by atoms with E-state index >= 15 is 0 Å². The Morgan fingerprint density at radius 2 is 1.31 bits per heavy atom. The van der Waals surface area contributed by atoms with Crippen molar-refractivity contribution < 1.29 is 5.11 Å². The van der Waals surface area contributed by atoms with Crippen molar-refractivity contribution in [3.63, 3.8) is 0 Å². The Labute approximate surface area is 96.4 Å². The summed E-state index contributed by atoms with van der Waals surface area (Å²) < 4.78 is 0. The fourth-order valence-corrected chi connectivity index (χ4v) is 1.82. The Morgan fingerprint density at radius 3 is 2.06 bits per heavy atom. The van der Waals surface area contributed by atoms with Crippen LogP contribution in [0.15, 0.2) is 54.6 Å². The second-order valence-electron chi connectivity index (χ2n) is 3.96. The van der Waals surface area contributed by atoms with Crippen LogP contribution in [0.3, 0.4) is 0 Å². The van der Waals surface area contributed by atoms with Crippen LogP contribution in [0.2, 0.25) is 0 Å². The highest BCUT2D eigenvalue weighted by molar-refractivity contribution is 5.24. The molecule has 0 bridgehead atoms. The third-order valence-corrected chi connectivity index (χ3v) is 2.72. The van der Waals surface area contributed by atoms with Gasteiger partial charge in [0, 0.05) is 0 Å². The van der Waals surface area contributed by atoms with Gasteiger partial charge < -0.3 is 5.11 Å². The minimum atomic E-state index is 0.124. The van der Waals surface area contributed by atoms with E-state index < -0.39 is 0 Å². The number of aryl methyl sites for hydroxylation is 2. The fourth-order valence-electron chi connectivity index (χ4n) is 1.82. The van der Waals surface area contributed by atoms with Gasteiger partial charge in [0.2, 0.25) is 0 Å². The molecule has 0 aromatic heterocycles. The summed E-state index contributed by atoms with van der Waals surface area (Å²) in [6, 6.07) is 18.6. The molecule has 0 spiro atoms. The average molecular weight is 212 g/mol. The maximum atomic E-state index is 9.05. The topological polar surface area (TPSA) is 20.2 Å². The number of aliphatic hydroxyl groups is 1. The molecule has 1 N–H and O–H groups in total. The summed E-state index contributed by atoms with van der Waals surface area (Å²) in [5.74, 6) is 0. The zero-order valence-electron chi connectivity index (χ0n) is 9.26. The number of benzene rings is 2. The van der Waals surface area contributed by atoms with Crippen molar-refractivity contribution in [1.82, 2.24) is 0 Å². The molecule has 0 radical (unpaired) electrons. The first-order valence-electron chi connectivity index (χ1n) is 5.61. The smallest absolute Gasteiger partial charge is 0.0681 e. The maximum absolute atomic E-state index is 9.05. The van der Waals surface area contributed by atoms with Crippen LogP contribution in [0.1, 0.15) is 16.7 Å². The van der Waals surface area contributed by atoms with E-state index in [0.717, 1.165) is 18.4 Å². The summed E-state index contributed by atoms with van der Waals surface area (Å²) in [6.45, 7) is 0.124. The van der Waals surface area contributed by atoms with Crippen LogP contribution in [-0.2, 0) is 19.4 Å². The molecule has 0 saturated carbocycles. The molecular formula is C15H16O. The van der Waals surface area contributed by atoms with E-state index in [9.17, 15) is 0 Å². The minimum Gasteiger partial charge on any atom is -0.392 e. The van der Waals surface area contributed by atoms with Gasteiger partial charge >= 0.3 is 0 Å². The molecule has 1 nitrogen and oxygen atoms in total. The van der Waals surface area contributed by atoms with Crippen molar-refractivity contribution in [1.29, 1.82) is 0 Å². The highest BCUT2D eigenvalue weighted by Crippen LogP contribution is 2.09. The second kappa shape index (κ2) is 5.47. The van der Waals surface area contributed by atoms with E-state index in [0.29, 0.717) is 0 Å². The summed E-state index contributed by atoms with van der Waals surface area (Å²) in [5.41, 5.74) is 3.64. The SMILES string of the molecule is OCc1cccc(CCc2ccccc2)c1. The van der Waals surface area contributed by atoms with Gasteiger partial charge in [0.15, 0.2) is 0 Å².